The molecule has 0 saturated heterocycles. The highest BCUT2D eigenvalue weighted by molar-refractivity contribution is 6.74. The normalized spacial score (nSPS) is 16.2. The van der Waals surface area contributed by atoms with Crippen LogP contribution in [0.25, 0.3) is 49.4 Å². The van der Waals surface area contributed by atoms with Gasteiger partial charge in [-0.25, -0.2) is 0 Å². The number of hydrogen-bond acceptors (Lipinski definition) is 3. The lowest BCUT2D eigenvalue weighted by Gasteiger charge is -2.43. The van der Waals surface area contributed by atoms with Crippen LogP contribution in [0.1, 0.15) is 103 Å². The number of nitrogens with zero attached hydrogens (tertiary/aromatic N) is 3. The van der Waals surface area contributed by atoms with E-state index < -0.39 is 0 Å². The summed E-state index contributed by atoms with van der Waals surface area (Å²) in [4.78, 5) is 4.90. The molecule has 3 aliphatic rings. The summed E-state index contributed by atoms with van der Waals surface area (Å²) in [5.41, 5.74) is 23.2. The molecule has 4 nitrogen and oxygen atoms in total. The van der Waals surface area contributed by atoms with Crippen molar-refractivity contribution in [1.82, 2.24) is 4.57 Å². The number of nitrogens with one attached hydrogen (secondary N) is 1. The summed E-state index contributed by atoms with van der Waals surface area (Å²) in [7, 11) is 2.55. The van der Waals surface area contributed by atoms with E-state index >= 15 is 0 Å². The zero-order chi connectivity index (χ0) is 54.0. The quantitative estimate of drug-likeness (QED) is 0.146. The lowest BCUT2D eigenvalue weighted by molar-refractivity contribution is 0.332. The Kier molecular flexibility index (Phi) is 11.3. The van der Waals surface area contributed by atoms with E-state index in [4.69, 9.17) is 0 Å². The first kappa shape index (κ1) is 49.1. The molecule has 2 aliphatic carbocycles. The molecule has 1 aliphatic heterocycles. The van der Waals surface area contributed by atoms with Crippen molar-refractivity contribution in [3.8, 4) is 16.8 Å². The van der Waals surface area contributed by atoms with Gasteiger partial charge in [-0.15, -0.1) is 0 Å². The fourth-order valence-corrected chi connectivity index (χ4v) is 13.9. The first-order valence-corrected chi connectivity index (χ1v) is 28.6. The van der Waals surface area contributed by atoms with Crippen LogP contribution in [0.5, 0.6) is 0 Å². The zero-order valence-electron chi connectivity index (χ0n) is 47.0. The summed E-state index contributed by atoms with van der Waals surface area (Å²) >= 11 is 0. The average Bonchev–Trinajstić information content (AvgIpc) is 2.43. The van der Waals surface area contributed by atoms with Crippen molar-refractivity contribution >= 4 is 96.3 Å². The second kappa shape index (κ2) is 18.1. The van der Waals surface area contributed by atoms with Gasteiger partial charge in [0.05, 0.1) is 16.7 Å². The standard InChI is InChI=1S/C74H68BN4/c1-71(2)39-40-72(3,4)60-43-49(34-37-59(60)71)76-64-38-35-54(77(50-24-13-9-14-25-50)51-26-15-10-16-27-51)44-57(64)58-45-66(78(52-28-17-11-18-29-52)53-30-19-12-20-31-53)67-56-36-33-48-23-21-22-32-55(48)69(56)79-65-47-62-61(46-63(65)75-68(58)70(67)79)73(5,6)41-42-74(62,7)8/h9-38,43-47,76H,39-42H2,1-8H3. The Morgan fingerprint density at radius 1 is 0.405 bits per heavy atom. The van der Waals surface area contributed by atoms with Crippen LogP contribution in [0.15, 0.2) is 212 Å². The molecular weight excluding hydrogens is 956 g/mol. The van der Waals surface area contributed by atoms with Gasteiger partial charge < -0.3 is 19.7 Å². The topological polar surface area (TPSA) is 23.4 Å². The summed E-state index contributed by atoms with van der Waals surface area (Å²) in [5.74, 6) is 0. The molecular formula is C74H68BN4. The molecule has 2 heterocycles. The Hall–Kier alpha value is -8.28. The molecule has 0 saturated carbocycles. The summed E-state index contributed by atoms with van der Waals surface area (Å²) in [5, 5.41) is 9.09. The summed E-state index contributed by atoms with van der Waals surface area (Å²) < 4.78 is 2.68. The van der Waals surface area contributed by atoms with Gasteiger partial charge in [0.2, 0.25) is 0 Å². The molecule has 5 heteroatoms. The molecule has 1 radical (unpaired) electrons. The smallest absolute Gasteiger partial charge is 0.197 e. The maximum Gasteiger partial charge on any atom is 0.197 e. The third kappa shape index (κ3) is 8.02. The van der Waals surface area contributed by atoms with Crippen LogP contribution >= 0.6 is 0 Å². The summed E-state index contributed by atoms with van der Waals surface area (Å²) in [6.07, 6.45) is 4.61. The van der Waals surface area contributed by atoms with E-state index in [1.807, 2.05) is 0 Å². The molecule has 387 valence electrons. The molecule has 0 amide bonds. The number of anilines is 8. The Morgan fingerprint density at radius 2 is 0.924 bits per heavy atom. The molecule has 79 heavy (non-hydrogen) atoms. The third-order valence-electron chi connectivity index (χ3n) is 18.5. The third-order valence-corrected chi connectivity index (χ3v) is 18.5. The molecule has 0 spiro atoms. The largest absolute Gasteiger partial charge is 0.355 e. The van der Waals surface area contributed by atoms with Gasteiger partial charge in [-0.1, -0.05) is 182 Å². The predicted octanol–water partition coefficient (Wildman–Crippen LogP) is 19.0. The van der Waals surface area contributed by atoms with Gasteiger partial charge in [-0.05, 0) is 177 Å². The van der Waals surface area contributed by atoms with Crippen LogP contribution in [-0.4, -0.2) is 11.8 Å². The molecule has 11 aromatic rings. The minimum absolute atomic E-state index is 0.0147. The van der Waals surface area contributed by atoms with Gasteiger partial charge in [0.25, 0.3) is 0 Å². The highest BCUT2D eigenvalue weighted by Crippen LogP contribution is 2.52. The van der Waals surface area contributed by atoms with Crippen molar-refractivity contribution in [2.24, 2.45) is 0 Å². The zero-order valence-corrected chi connectivity index (χ0v) is 47.0. The Labute approximate surface area is 467 Å². The van der Waals surface area contributed by atoms with Crippen molar-refractivity contribution < 1.29 is 0 Å². The van der Waals surface area contributed by atoms with Crippen molar-refractivity contribution in [1.29, 1.82) is 0 Å². The van der Waals surface area contributed by atoms with Crippen molar-refractivity contribution in [2.75, 3.05) is 15.1 Å². The van der Waals surface area contributed by atoms with Gasteiger partial charge in [-0.3, -0.25) is 0 Å². The van der Waals surface area contributed by atoms with Gasteiger partial charge >= 0.3 is 0 Å². The summed E-state index contributed by atoms with van der Waals surface area (Å²) in [6.45, 7) is 19.5. The molecule has 1 N–H and O–H groups in total. The number of benzene rings is 10. The lowest BCUT2D eigenvalue weighted by Crippen LogP contribution is -2.41. The van der Waals surface area contributed by atoms with E-state index in [-0.39, 0.29) is 21.7 Å². The molecule has 0 bridgehead atoms. The molecule has 0 fully saturated rings. The minimum Gasteiger partial charge on any atom is -0.355 e. The highest BCUT2D eigenvalue weighted by Gasteiger charge is 2.41. The first-order chi connectivity index (χ1) is 38.1. The fourth-order valence-electron chi connectivity index (χ4n) is 13.9. The summed E-state index contributed by atoms with van der Waals surface area (Å²) in [6, 6.07) is 79.3. The van der Waals surface area contributed by atoms with Gasteiger partial charge in [0, 0.05) is 67.2 Å². The lowest BCUT2D eigenvalue weighted by atomic mass is 9.55. The maximum absolute atomic E-state index is 4.15. The Balaban J connectivity index is 1.14. The molecule has 1 aromatic heterocycles. The van der Waals surface area contributed by atoms with E-state index in [9.17, 15) is 0 Å². The van der Waals surface area contributed by atoms with Crippen LogP contribution in [-0.2, 0) is 21.7 Å². The SMILES string of the molecule is CC1(C)CCC(C)(C)c2cc(Nc3ccc(N(c4ccccc4)c4ccccc4)cc3-c3cc(N(c4ccccc4)c4ccccc4)c4c5ccc6ccccc6c5n5c4c3[B]c3cc4c(cc3-5)C(C)(C)CCC4(C)C)ccc21. The van der Waals surface area contributed by atoms with E-state index in [0.29, 0.717) is 0 Å². The average molecular weight is 1020 g/mol. The predicted molar refractivity (Wildman–Crippen MR) is 338 cm³/mol. The van der Waals surface area contributed by atoms with Gasteiger partial charge in [0.15, 0.2) is 7.28 Å². The Morgan fingerprint density at radius 3 is 1.52 bits per heavy atom. The molecule has 10 aromatic carbocycles. The number of rotatable bonds is 9. The second-order valence-corrected chi connectivity index (χ2v) is 25.4. The Bertz CT molecular complexity index is 4110. The van der Waals surface area contributed by atoms with Crippen LogP contribution in [0.3, 0.4) is 0 Å². The number of aromatic nitrogens is 1. The van der Waals surface area contributed by atoms with E-state index in [1.165, 1.54) is 77.9 Å². The van der Waals surface area contributed by atoms with Gasteiger partial charge in [0.1, 0.15) is 0 Å². The van der Waals surface area contributed by atoms with E-state index in [0.717, 1.165) is 75.9 Å². The van der Waals surface area contributed by atoms with Crippen LogP contribution in [0.4, 0.5) is 45.5 Å². The first-order valence-electron chi connectivity index (χ1n) is 28.6. The minimum atomic E-state index is 0.0147. The van der Waals surface area contributed by atoms with Crippen molar-refractivity contribution in [3.63, 3.8) is 0 Å². The molecule has 14 rings (SSSR count). The maximum atomic E-state index is 4.15. The van der Waals surface area contributed by atoms with Crippen LogP contribution < -0.4 is 26.0 Å². The highest BCUT2D eigenvalue weighted by atomic mass is 15.2. The fraction of sp³-hybridized carbons (Fsp3) is 0.216. The number of hydrogen-bond donors (Lipinski definition) is 1. The van der Waals surface area contributed by atoms with Crippen molar-refractivity contribution in [3.05, 3.63) is 235 Å². The second-order valence-electron chi connectivity index (χ2n) is 25.4. The van der Waals surface area contributed by atoms with E-state index in [2.05, 4.69) is 295 Å². The van der Waals surface area contributed by atoms with Crippen LogP contribution in [0, 0.1) is 0 Å². The van der Waals surface area contributed by atoms with Gasteiger partial charge in [-0.2, -0.15) is 0 Å². The molecule has 0 atom stereocenters. The number of para-hydroxylation sites is 4. The molecule has 0 unspecified atom stereocenters. The van der Waals surface area contributed by atoms with Crippen molar-refractivity contribution in [2.45, 2.75) is 103 Å². The van der Waals surface area contributed by atoms with E-state index in [1.54, 1.807) is 0 Å². The number of fused-ring (bicyclic) bond motifs is 9. The monoisotopic (exact) mass is 1020 g/mol. The van der Waals surface area contributed by atoms with Crippen LogP contribution in [0.2, 0.25) is 0 Å².